The molecule has 0 aliphatic rings. The molecule has 12 heavy (non-hydrogen) atoms. The maximum absolute atomic E-state index is 9.28. The molecule has 0 amide bonds. The topological polar surface area (TPSA) is 49.7 Å². The van der Waals surface area contributed by atoms with Crippen LogP contribution >= 0.6 is 0 Å². The number of aliphatic hydroxyl groups is 1. The zero-order valence-corrected chi connectivity index (χ0v) is 7.16. The van der Waals surface area contributed by atoms with E-state index in [0.717, 1.165) is 0 Å². The molecule has 0 saturated carbocycles. The Hall–Kier alpha value is -1.22. The molecule has 0 heterocycles. The molecule has 0 spiro atoms. The van der Waals surface area contributed by atoms with Gasteiger partial charge in [0.25, 0.3) is 0 Å². The highest BCUT2D eigenvalue weighted by molar-refractivity contribution is 5.46. The molecular formula is C9H12O3. The van der Waals surface area contributed by atoms with Gasteiger partial charge in [0.05, 0.1) is 13.7 Å². The summed E-state index contributed by atoms with van der Waals surface area (Å²) in [5.41, 5.74) is 1.30. The molecule has 1 rings (SSSR count). The Morgan fingerprint density at radius 2 is 2.08 bits per heavy atom. The molecule has 3 nitrogen and oxygen atoms in total. The largest absolute Gasteiger partial charge is 0.508 e. The van der Waals surface area contributed by atoms with Crippen LogP contribution in [0.3, 0.4) is 0 Å². The molecular weight excluding hydrogens is 156 g/mol. The van der Waals surface area contributed by atoms with Crippen molar-refractivity contribution >= 4 is 0 Å². The summed E-state index contributed by atoms with van der Waals surface area (Å²) in [6, 6.07) is 3.18. The molecule has 1 aromatic rings. The number of methoxy groups -OCH3 is 1. The molecule has 0 aromatic heterocycles. The Kier molecular flexibility index (Phi) is 2.55. The fraction of sp³-hybridized carbons (Fsp3) is 0.333. The lowest BCUT2D eigenvalue weighted by Gasteiger charge is -2.09. The predicted octanol–water partition coefficient (Wildman–Crippen LogP) is 1.20. The van der Waals surface area contributed by atoms with Crippen molar-refractivity contribution in [1.29, 1.82) is 0 Å². The van der Waals surface area contributed by atoms with Crippen LogP contribution in [-0.4, -0.2) is 17.3 Å². The molecule has 1 aromatic carbocycles. The fourth-order valence-electron chi connectivity index (χ4n) is 1.11. The van der Waals surface area contributed by atoms with Crippen molar-refractivity contribution < 1.29 is 14.9 Å². The summed E-state index contributed by atoms with van der Waals surface area (Å²) in [7, 11) is 1.53. The SMILES string of the molecule is COc1ccc(O)c(C)c1CO. The van der Waals surface area contributed by atoms with Crippen LogP contribution in [0.2, 0.25) is 0 Å². The summed E-state index contributed by atoms with van der Waals surface area (Å²) in [6.45, 7) is 1.62. The van der Waals surface area contributed by atoms with Crippen LogP contribution in [0.15, 0.2) is 12.1 Å². The third-order valence-electron chi connectivity index (χ3n) is 1.90. The van der Waals surface area contributed by atoms with E-state index < -0.39 is 0 Å². The van der Waals surface area contributed by atoms with Gasteiger partial charge in [-0.2, -0.15) is 0 Å². The van der Waals surface area contributed by atoms with Crippen molar-refractivity contribution in [2.24, 2.45) is 0 Å². The lowest BCUT2D eigenvalue weighted by Crippen LogP contribution is -1.94. The van der Waals surface area contributed by atoms with Crippen LogP contribution < -0.4 is 4.74 Å². The van der Waals surface area contributed by atoms with Crippen LogP contribution in [0, 0.1) is 6.92 Å². The van der Waals surface area contributed by atoms with Gasteiger partial charge in [0, 0.05) is 5.56 Å². The molecule has 66 valence electrons. The number of ether oxygens (including phenoxy) is 1. The number of hydrogen-bond acceptors (Lipinski definition) is 3. The first-order valence-electron chi connectivity index (χ1n) is 3.67. The van der Waals surface area contributed by atoms with Crippen LogP contribution in [0.25, 0.3) is 0 Å². The maximum atomic E-state index is 9.28. The minimum absolute atomic E-state index is 0.122. The van der Waals surface area contributed by atoms with E-state index >= 15 is 0 Å². The first-order valence-corrected chi connectivity index (χ1v) is 3.67. The van der Waals surface area contributed by atoms with E-state index in [2.05, 4.69) is 0 Å². The van der Waals surface area contributed by atoms with Crippen molar-refractivity contribution in [1.82, 2.24) is 0 Å². The molecule has 3 heteroatoms. The molecule has 0 saturated heterocycles. The molecule has 0 bridgehead atoms. The lowest BCUT2D eigenvalue weighted by atomic mass is 10.1. The predicted molar refractivity (Wildman–Crippen MR) is 45.3 cm³/mol. The first-order chi connectivity index (χ1) is 5.70. The number of rotatable bonds is 2. The normalized spacial score (nSPS) is 9.92. The smallest absolute Gasteiger partial charge is 0.124 e. The van der Waals surface area contributed by atoms with E-state index in [4.69, 9.17) is 9.84 Å². The van der Waals surface area contributed by atoms with E-state index in [1.807, 2.05) is 0 Å². The zero-order chi connectivity index (χ0) is 9.14. The van der Waals surface area contributed by atoms with Crippen molar-refractivity contribution in [2.75, 3.05) is 7.11 Å². The molecule has 0 atom stereocenters. The van der Waals surface area contributed by atoms with Gasteiger partial charge in [0.15, 0.2) is 0 Å². The number of phenolic OH excluding ortho intramolecular Hbond substituents is 1. The highest BCUT2D eigenvalue weighted by Gasteiger charge is 2.07. The van der Waals surface area contributed by atoms with Crippen LogP contribution in [-0.2, 0) is 6.61 Å². The Morgan fingerprint density at radius 1 is 1.42 bits per heavy atom. The van der Waals surface area contributed by atoms with Crippen molar-refractivity contribution in [3.05, 3.63) is 23.3 Å². The highest BCUT2D eigenvalue weighted by Crippen LogP contribution is 2.28. The average molecular weight is 168 g/mol. The van der Waals surface area contributed by atoms with Gasteiger partial charge in [-0.1, -0.05) is 0 Å². The van der Waals surface area contributed by atoms with Crippen molar-refractivity contribution in [3.8, 4) is 11.5 Å². The van der Waals surface area contributed by atoms with Gasteiger partial charge in [-0.05, 0) is 24.6 Å². The van der Waals surface area contributed by atoms with Crippen LogP contribution in [0.1, 0.15) is 11.1 Å². The molecule has 0 fully saturated rings. The molecule has 0 aliphatic carbocycles. The minimum atomic E-state index is -0.122. The van der Waals surface area contributed by atoms with Gasteiger partial charge in [-0.15, -0.1) is 0 Å². The monoisotopic (exact) mass is 168 g/mol. The van der Waals surface area contributed by atoms with Gasteiger partial charge in [0.1, 0.15) is 11.5 Å². The third kappa shape index (κ3) is 1.36. The highest BCUT2D eigenvalue weighted by atomic mass is 16.5. The van der Waals surface area contributed by atoms with E-state index in [-0.39, 0.29) is 12.4 Å². The van der Waals surface area contributed by atoms with Gasteiger partial charge in [0.2, 0.25) is 0 Å². The Bertz CT molecular complexity index is 281. The maximum Gasteiger partial charge on any atom is 0.124 e. The second kappa shape index (κ2) is 3.45. The third-order valence-corrected chi connectivity index (χ3v) is 1.90. The summed E-state index contributed by atoms with van der Waals surface area (Å²) < 4.78 is 5.00. The second-order valence-electron chi connectivity index (χ2n) is 2.55. The van der Waals surface area contributed by atoms with E-state index in [1.54, 1.807) is 19.1 Å². The molecule has 0 radical (unpaired) electrons. The van der Waals surface area contributed by atoms with Crippen molar-refractivity contribution in [2.45, 2.75) is 13.5 Å². The van der Waals surface area contributed by atoms with Crippen LogP contribution in [0.4, 0.5) is 0 Å². The Labute approximate surface area is 71.2 Å². The standard InChI is InChI=1S/C9H12O3/c1-6-7(5-10)9(12-2)4-3-8(6)11/h3-4,10-11H,5H2,1-2H3. The second-order valence-corrected chi connectivity index (χ2v) is 2.55. The number of aromatic hydroxyl groups is 1. The number of hydrogen-bond donors (Lipinski definition) is 2. The van der Waals surface area contributed by atoms with Crippen molar-refractivity contribution in [3.63, 3.8) is 0 Å². The summed E-state index contributed by atoms with van der Waals surface area (Å²) in [5.74, 6) is 0.785. The quantitative estimate of drug-likeness (QED) is 0.697. The first kappa shape index (κ1) is 8.87. The summed E-state index contributed by atoms with van der Waals surface area (Å²) in [4.78, 5) is 0. The average Bonchev–Trinajstić information content (AvgIpc) is 2.09. The van der Waals surface area contributed by atoms with E-state index in [0.29, 0.717) is 16.9 Å². The molecule has 2 N–H and O–H groups in total. The van der Waals surface area contributed by atoms with Gasteiger partial charge >= 0.3 is 0 Å². The summed E-state index contributed by atoms with van der Waals surface area (Å²) >= 11 is 0. The fourth-order valence-corrected chi connectivity index (χ4v) is 1.11. The van der Waals surface area contributed by atoms with E-state index in [1.165, 1.54) is 7.11 Å². The minimum Gasteiger partial charge on any atom is -0.508 e. The van der Waals surface area contributed by atoms with Crippen LogP contribution in [0.5, 0.6) is 11.5 Å². The Balaban J connectivity index is 3.25. The van der Waals surface area contributed by atoms with Gasteiger partial charge in [-0.3, -0.25) is 0 Å². The summed E-state index contributed by atoms with van der Waals surface area (Å²) in [6.07, 6.45) is 0. The van der Waals surface area contributed by atoms with E-state index in [9.17, 15) is 5.11 Å². The van der Waals surface area contributed by atoms with Gasteiger partial charge in [-0.25, -0.2) is 0 Å². The number of aliphatic hydroxyl groups excluding tert-OH is 1. The summed E-state index contributed by atoms with van der Waals surface area (Å²) in [5, 5.41) is 18.2. The number of phenols is 1. The lowest BCUT2D eigenvalue weighted by molar-refractivity contribution is 0.272. The van der Waals surface area contributed by atoms with Gasteiger partial charge < -0.3 is 14.9 Å². The molecule has 0 unspecified atom stereocenters. The number of benzene rings is 1. The Morgan fingerprint density at radius 3 is 2.58 bits per heavy atom. The molecule has 0 aliphatic heterocycles. The zero-order valence-electron chi connectivity index (χ0n) is 7.16.